The predicted octanol–water partition coefficient (Wildman–Crippen LogP) is 4.11. The number of rotatable bonds is 5. The maximum absolute atomic E-state index is 12.9. The number of hydrogen-bond donors (Lipinski definition) is 1. The molecule has 1 saturated carbocycles. The first-order chi connectivity index (χ1) is 13.7. The van der Waals surface area contributed by atoms with Crippen LogP contribution in [-0.2, 0) is 12.5 Å². The molecule has 1 aliphatic rings. The zero-order valence-electron chi connectivity index (χ0n) is 16.3. The molecule has 1 amide bonds. The summed E-state index contributed by atoms with van der Waals surface area (Å²) in [6.45, 7) is 0.628. The van der Waals surface area contributed by atoms with Gasteiger partial charge in [0, 0.05) is 37.0 Å². The smallest absolute Gasteiger partial charge is 0.269 e. The summed E-state index contributed by atoms with van der Waals surface area (Å²) in [5, 5.41) is 7.70. The lowest BCUT2D eigenvalue weighted by atomic mass is 9.70. The first kappa shape index (κ1) is 18.4. The second kappa shape index (κ2) is 7.97. The lowest BCUT2D eigenvalue weighted by Gasteiger charge is -2.37. The molecule has 5 nitrogen and oxygen atoms in total. The van der Waals surface area contributed by atoms with Gasteiger partial charge in [-0.1, -0.05) is 55.7 Å². The van der Waals surface area contributed by atoms with E-state index in [2.05, 4.69) is 21.5 Å². The summed E-state index contributed by atoms with van der Waals surface area (Å²) in [6, 6.07) is 15.9. The Bertz CT molecular complexity index is 928. The van der Waals surface area contributed by atoms with Crippen molar-refractivity contribution in [2.75, 3.05) is 6.54 Å². The van der Waals surface area contributed by atoms with Gasteiger partial charge >= 0.3 is 0 Å². The number of amides is 1. The molecule has 28 heavy (non-hydrogen) atoms. The van der Waals surface area contributed by atoms with E-state index >= 15 is 0 Å². The van der Waals surface area contributed by atoms with E-state index in [1.54, 1.807) is 10.9 Å². The third-order valence-electron chi connectivity index (χ3n) is 5.85. The molecule has 0 saturated heterocycles. The highest BCUT2D eigenvalue weighted by molar-refractivity contribution is 5.93. The zero-order chi connectivity index (χ0) is 19.4. The van der Waals surface area contributed by atoms with Crippen LogP contribution in [0.15, 0.2) is 60.9 Å². The van der Waals surface area contributed by atoms with E-state index in [-0.39, 0.29) is 11.3 Å². The molecule has 1 aromatic carbocycles. The van der Waals surface area contributed by atoms with Crippen molar-refractivity contribution in [3.63, 3.8) is 0 Å². The highest BCUT2D eigenvalue weighted by Crippen LogP contribution is 2.38. The Balaban J connectivity index is 1.52. The quantitative estimate of drug-likeness (QED) is 0.731. The molecule has 1 aliphatic carbocycles. The van der Waals surface area contributed by atoms with Gasteiger partial charge < -0.3 is 5.32 Å². The minimum atomic E-state index is -0.0778. The number of aryl methyl sites for hydroxylation is 1. The van der Waals surface area contributed by atoms with E-state index in [9.17, 15) is 4.79 Å². The van der Waals surface area contributed by atoms with E-state index < -0.39 is 0 Å². The lowest BCUT2D eigenvalue weighted by Crippen LogP contribution is -2.42. The summed E-state index contributed by atoms with van der Waals surface area (Å²) in [6.07, 6.45) is 9.56. The molecule has 0 spiro atoms. The molecule has 0 bridgehead atoms. The minimum absolute atomic E-state index is 0.0248. The van der Waals surface area contributed by atoms with Crippen molar-refractivity contribution >= 4 is 5.91 Å². The van der Waals surface area contributed by atoms with E-state index in [0.717, 1.165) is 24.1 Å². The van der Waals surface area contributed by atoms with Gasteiger partial charge in [-0.2, -0.15) is 5.10 Å². The van der Waals surface area contributed by atoms with Crippen molar-refractivity contribution in [3.8, 4) is 11.3 Å². The molecule has 1 fully saturated rings. The van der Waals surface area contributed by atoms with Crippen molar-refractivity contribution in [2.45, 2.75) is 37.5 Å². The molecule has 3 aromatic rings. The number of carbonyl (C=O) groups excluding carboxylic acids is 1. The number of pyridine rings is 1. The normalized spacial score (nSPS) is 15.9. The molecular formula is C23H26N4O. The second-order valence-corrected chi connectivity index (χ2v) is 7.67. The fourth-order valence-electron chi connectivity index (χ4n) is 4.24. The number of hydrogen-bond acceptors (Lipinski definition) is 3. The van der Waals surface area contributed by atoms with E-state index in [1.165, 1.54) is 24.8 Å². The zero-order valence-corrected chi connectivity index (χ0v) is 16.3. The summed E-state index contributed by atoms with van der Waals surface area (Å²) in [7, 11) is 1.82. The van der Waals surface area contributed by atoms with Crippen molar-refractivity contribution in [2.24, 2.45) is 7.05 Å². The van der Waals surface area contributed by atoms with Crippen LogP contribution in [0.25, 0.3) is 11.3 Å². The van der Waals surface area contributed by atoms with Gasteiger partial charge in [0.05, 0.1) is 5.69 Å². The van der Waals surface area contributed by atoms with Gasteiger partial charge in [-0.15, -0.1) is 0 Å². The van der Waals surface area contributed by atoms with Gasteiger partial charge in [-0.25, -0.2) is 0 Å². The molecular weight excluding hydrogens is 348 g/mol. The average molecular weight is 374 g/mol. The van der Waals surface area contributed by atoms with Crippen molar-refractivity contribution in [1.82, 2.24) is 20.1 Å². The highest BCUT2D eigenvalue weighted by atomic mass is 16.2. The Labute approximate surface area is 165 Å². The van der Waals surface area contributed by atoms with Crippen LogP contribution in [0.4, 0.5) is 0 Å². The van der Waals surface area contributed by atoms with Crippen LogP contribution >= 0.6 is 0 Å². The number of aromatic nitrogens is 3. The third-order valence-corrected chi connectivity index (χ3v) is 5.85. The van der Waals surface area contributed by atoms with Crippen LogP contribution in [0.1, 0.15) is 48.2 Å². The minimum Gasteiger partial charge on any atom is -0.350 e. The molecule has 5 heteroatoms. The third kappa shape index (κ3) is 3.70. The van der Waals surface area contributed by atoms with Gasteiger partial charge in [0.2, 0.25) is 0 Å². The summed E-state index contributed by atoms with van der Waals surface area (Å²) in [5.74, 6) is -0.0778. The second-order valence-electron chi connectivity index (χ2n) is 7.67. The van der Waals surface area contributed by atoms with Crippen molar-refractivity contribution in [3.05, 3.63) is 72.2 Å². The van der Waals surface area contributed by atoms with E-state index in [4.69, 9.17) is 0 Å². The number of nitrogens with zero attached hydrogens (tertiary/aromatic N) is 3. The fraction of sp³-hybridized carbons (Fsp3) is 0.348. The molecule has 0 aliphatic heterocycles. The largest absolute Gasteiger partial charge is 0.350 e. The first-order valence-corrected chi connectivity index (χ1v) is 9.96. The number of carbonyl (C=O) groups is 1. The molecule has 1 N–H and O–H groups in total. The highest BCUT2D eigenvalue weighted by Gasteiger charge is 2.34. The average Bonchev–Trinajstić information content (AvgIpc) is 3.16. The Morgan fingerprint density at radius 1 is 1.11 bits per heavy atom. The molecule has 2 aromatic heterocycles. The Morgan fingerprint density at radius 3 is 2.61 bits per heavy atom. The van der Waals surface area contributed by atoms with Crippen LogP contribution < -0.4 is 5.32 Å². The Kier molecular flexibility index (Phi) is 5.24. The number of benzene rings is 1. The maximum atomic E-state index is 12.9. The van der Waals surface area contributed by atoms with E-state index in [1.807, 2.05) is 55.7 Å². The van der Waals surface area contributed by atoms with Crippen LogP contribution in [0, 0.1) is 0 Å². The van der Waals surface area contributed by atoms with Gasteiger partial charge in [0.25, 0.3) is 5.91 Å². The monoisotopic (exact) mass is 374 g/mol. The SMILES string of the molecule is Cn1nc(-c2ccccc2)cc1C(=O)NCC1(c2cccnc2)CCCCC1. The summed E-state index contributed by atoms with van der Waals surface area (Å²) >= 11 is 0. The van der Waals surface area contributed by atoms with Gasteiger partial charge in [0.1, 0.15) is 5.69 Å². The molecule has 0 atom stereocenters. The molecule has 4 rings (SSSR count). The van der Waals surface area contributed by atoms with Crippen molar-refractivity contribution in [1.29, 1.82) is 0 Å². The summed E-state index contributed by atoms with van der Waals surface area (Å²) in [4.78, 5) is 17.3. The molecule has 2 heterocycles. The summed E-state index contributed by atoms with van der Waals surface area (Å²) < 4.78 is 1.66. The first-order valence-electron chi connectivity index (χ1n) is 9.96. The Morgan fingerprint density at radius 2 is 1.89 bits per heavy atom. The van der Waals surface area contributed by atoms with Crippen LogP contribution in [0.2, 0.25) is 0 Å². The van der Waals surface area contributed by atoms with Crippen molar-refractivity contribution < 1.29 is 4.79 Å². The van der Waals surface area contributed by atoms with Gasteiger partial charge in [-0.05, 0) is 30.5 Å². The topological polar surface area (TPSA) is 59.8 Å². The predicted molar refractivity (Wildman–Crippen MR) is 110 cm³/mol. The number of nitrogens with one attached hydrogen (secondary N) is 1. The molecule has 0 unspecified atom stereocenters. The van der Waals surface area contributed by atoms with Crippen LogP contribution in [0.5, 0.6) is 0 Å². The maximum Gasteiger partial charge on any atom is 0.269 e. The summed E-state index contributed by atoms with van der Waals surface area (Å²) in [5.41, 5.74) is 3.60. The lowest BCUT2D eigenvalue weighted by molar-refractivity contribution is 0.0927. The molecule has 144 valence electrons. The van der Waals surface area contributed by atoms with Gasteiger partial charge in [-0.3, -0.25) is 14.5 Å². The standard InChI is InChI=1S/C23H26N4O/c1-27-21(15-20(26-27)18-9-4-2-5-10-18)22(28)25-17-23(12-6-3-7-13-23)19-11-8-14-24-16-19/h2,4-5,8-11,14-16H,3,6-7,12-13,17H2,1H3,(H,25,28). The fourth-order valence-corrected chi connectivity index (χ4v) is 4.24. The van der Waals surface area contributed by atoms with Gasteiger partial charge in [0.15, 0.2) is 0 Å². The Hall–Kier alpha value is -2.95. The van der Waals surface area contributed by atoms with E-state index in [0.29, 0.717) is 12.2 Å². The van der Waals surface area contributed by atoms with Crippen LogP contribution in [-0.4, -0.2) is 27.2 Å². The molecule has 0 radical (unpaired) electrons. The van der Waals surface area contributed by atoms with Crippen LogP contribution in [0.3, 0.4) is 0 Å².